The normalized spacial score (nSPS) is 11.2. The molecule has 0 heterocycles. The second kappa shape index (κ2) is 8.47. The topological polar surface area (TPSA) is 26.0 Å². The van der Waals surface area contributed by atoms with Crippen LogP contribution in [0, 0.1) is 6.92 Å². The second-order valence-electron chi connectivity index (χ2n) is 6.60. The first-order chi connectivity index (χ1) is 11.9. The van der Waals surface area contributed by atoms with Gasteiger partial charge in [-0.2, -0.15) is 0 Å². The highest BCUT2D eigenvalue weighted by Gasteiger charge is 2.17. The molecule has 2 aromatic rings. The summed E-state index contributed by atoms with van der Waals surface area (Å²) in [6, 6.07) is 4.41. The van der Waals surface area contributed by atoms with Crippen LogP contribution in [0.15, 0.2) is 12.1 Å². The third-order valence-corrected chi connectivity index (χ3v) is 6.19. The summed E-state index contributed by atoms with van der Waals surface area (Å²) in [5.74, 6) is 0. The van der Waals surface area contributed by atoms with Crippen molar-refractivity contribution < 1.29 is 0 Å². The van der Waals surface area contributed by atoms with Gasteiger partial charge in [0.05, 0.1) is 0 Å². The third kappa shape index (κ3) is 3.83. The minimum atomic E-state index is 0.748. The Morgan fingerprint density at radius 2 is 1.20 bits per heavy atom. The maximum atomic E-state index is 6.76. The lowest BCUT2D eigenvalue weighted by atomic mass is 9.91. The van der Waals surface area contributed by atoms with E-state index in [0.29, 0.717) is 0 Å². The van der Waals surface area contributed by atoms with E-state index in [2.05, 4.69) is 46.8 Å². The van der Waals surface area contributed by atoms with Crippen molar-refractivity contribution in [1.82, 2.24) is 0 Å². The van der Waals surface area contributed by atoms with Crippen LogP contribution in [-0.4, -0.2) is 0 Å². The van der Waals surface area contributed by atoms with E-state index in [4.69, 9.17) is 28.9 Å². The molecule has 0 spiro atoms. The predicted molar refractivity (Wildman–Crippen MR) is 112 cm³/mol. The molecule has 0 radical (unpaired) electrons. The monoisotopic (exact) mass is 377 g/mol. The third-order valence-electron chi connectivity index (χ3n) is 5.25. The molecule has 2 rings (SSSR count). The van der Waals surface area contributed by atoms with Crippen molar-refractivity contribution in [3.63, 3.8) is 0 Å². The first-order valence-corrected chi connectivity index (χ1v) is 10.0. The van der Waals surface area contributed by atoms with Gasteiger partial charge in [0.1, 0.15) is 0 Å². The average molecular weight is 378 g/mol. The van der Waals surface area contributed by atoms with Gasteiger partial charge in [-0.05, 0) is 71.6 Å². The number of anilines is 1. The number of nitrogens with two attached hydrogens (primary N) is 1. The highest BCUT2D eigenvalue weighted by molar-refractivity contribution is 6.33. The smallest absolute Gasteiger partial charge is 0.0493 e. The van der Waals surface area contributed by atoms with Gasteiger partial charge in [-0.3, -0.25) is 0 Å². The molecule has 0 unspecified atom stereocenters. The average Bonchev–Trinajstić information content (AvgIpc) is 2.60. The first-order valence-electron chi connectivity index (χ1n) is 9.27. The Balaban J connectivity index is 2.61. The van der Waals surface area contributed by atoms with Crippen LogP contribution in [0.4, 0.5) is 5.69 Å². The number of benzene rings is 2. The number of nitrogen functional groups attached to an aromatic ring is 1. The van der Waals surface area contributed by atoms with Crippen LogP contribution in [0.25, 0.3) is 0 Å². The summed E-state index contributed by atoms with van der Waals surface area (Å²) in [6.45, 7) is 10.8. The number of hydrogen-bond acceptors (Lipinski definition) is 1. The molecule has 136 valence electrons. The Morgan fingerprint density at radius 1 is 0.720 bits per heavy atom. The molecule has 0 aromatic heterocycles. The summed E-state index contributed by atoms with van der Waals surface area (Å²) in [7, 11) is 0. The lowest BCUT2D eigenvalue weighted by Crippen LogP contribution is -2.05. The summed E-state index contributed by atoms with van der Waals surface area (Å²) < 4.78 is 0. The number of hydrogen-bond donors (Lipinski definition) is 1. The Kier molecular flexibility index (Phi) is 6.82. The Bertz CT molecular complexity index is 713. The summed E-state index contributed by atoms with van der Waals surface area (Å²) >= 11 is 13.5. The Morgan fingerprint density at radius 3 is 1.68 bits per heavy atom. The van der Waals surface area contributed by atoms with E-state index in [1.165, 1.54) is 22.3 Å². The van der Waals surface area contributed by atoms with E-state index in [1.54, 1.807) is 0 Å². The fourth-order valence-electron chi connectivity index (χ4n) is 3.68. The Hall–Kier alpha value is -1.18. The molecule has 0 aliphatic heterocycles. The quantitative estimate of drug-likeness (QED) is 0.555. The van der Waals surface area contributed by atoms with E-state index in [9.17, 15) is 0 Å². The molecule has 0 atom stereocenters. The fourth-order valence-corrected chi connectivity index (χ4v) is 4.43. The van der Waals surface area contributed by atoms with Gasteiger partial charge in [-0.15, -0.1) is 0 Å². The van der Waals surface area contributed by atoms with Gasteiger partial charge in [0.2, 0.25) is 0 Å². The molecule has 0 fully saturated rings. The molecular formula is C22H29Cl2N. The lowest BCUT2D eigenvalue weighted by molar-refractivity contribution is 1.01. The Labute approximate surface area is 162 Å². The van der Waals surface area contributed by atoms with Gasteiger partial charge >= 0.3 is 0 Å². The zero-order chi connectivity index (χ0) is 18.7. The zero-order valence-electron chi connectivity index (χ0n) is 16.0. The van der Waals surface area contributed by atoms with Gasteiger partial charge in [-0.1, -0.05) is 63.0 Å². The summed E-state index contributed by atoms with van der Waals surface area (Å²) in [5, 5.41) is 1.69. The molecule has 0 aliphatic rings. The predicted octanol–water partition coefficient (Wildman–Crippen LogP) is 6.72. The van der Waals surface area contributed by atoms with E-state index in [0.717, 1.165) is 64.5 Å². The van der Waals surface area contributed by atoms with Crippen molar-refractivity contribution >= 4 is 28.9 Å². The van der Waals surface area contributed by atoms with Crippen LogP contribution in [0.1, 0.15) is 66.6 Å². The fraction of sp³-hybridized carbons (Fsp3) is 0.455. The van der Waals surface area contributed by atoms with Crippen molar-refractivity contribution in [2.75, 3.05) is 5.73 Å². The SMILES string of the molecule is CCc1cc(Cc2cc(CC)c(N)c(CC)c2Cl)c(Cl)c(CC)c1C. The van der Waals surface area contributed by atoms with Crippen LogP contribution >= 0.6 is 23.2 Å². The highest BCUT2D eigenvalue weighted by Crippen LogP contribution is 2.35. The van der Waals surface area contributed by atoms with Gasteiger partial charge in [-0.25, -0.2) is 0 Å². The minimum absolute atomic E-state index is 0.748. The molecule has 0 saturated heterocycles. The molecule has 2 aromatic carbocycles. The van der Waals surface area contributed by atoms with Crippen LogP contribution in [0.2, 0.25) is 10.0 Å². The van der Waals surface area contributed by atoms with Gasteiger partial charge in [0, 0.05) is 22.2 Å². The van der Waals surface area contributed by atoms with Crippen LogP contribution in [0.3, 0.4) is 0 Å². The van der Waals surface area contributed by atoms with Crippen molar-refractivity contribution in [3.8, 4) is 0 Å². The zero-order valence-corrected chi connectivity index (χ0v) is 17.5. The number of rotatable bonds is 6. The molecule has 0 bridgehead atoms. The van der Waals surface area contributed by atoms with Gasteiger partial charge in [0.25, 0.3) is 0 Å². The highest BCUT2D eigenvalue weighted by atomic mass is 35.5. The van der Waals surface area contributed by atoms with E-state index in [1.807, 2.05) is 0 Å². The summed E-state index contributed by atoms with van der Waals surface area (Å²) in [6.07, 6.45) is 4.46. The van der Waals surface area contributed by atoms with Crippen LogP contribution in [0.5, 0.6) is 0 Å². The standard InChI is InChI=1S/C22H29Cl2N/c1-6-14-10-16(20(23)18(8-3)13(14)5)12-17-11-15(7-2)22(25)19(9-4)21(17)24/h10-11H,6-9,12,25H2,1-5H3. The first kappa shape index (κ1) is 20.1. The van der Waals surface area contributed by atoms with Crippen molar-refractivity contribution in [1.29, 1.82) is 0 Å². The van der Waals surface area contributed by atoms with Crippen LogP contribution < -0.4 is 5.73 Å². The molecule has 25 heavy (non-hydrogen) atoms. The maximum absolute atomic E-state index is 6.76. The van der Waals surface area contributed by atoms with E-state index in [-0.39, 0.29) is 0 Å². The van der Waals surface area contributed by atoms with Gasteiger partial charge in [0.15, 0.2) is 0 Å². The molecule has 1 nitrogen and oxygen atoms in total. The van der Waals surface area contributed by atoms with Crippen molar-refractivity contribution in [3.05, 3.63) is 61.1 Å². The summed E-state index contributed by atoms with van der Waals surface area (Å²) in [5.41, 5.74) is 15.6. The largest absolute Gasteiger partial charge is 0.398 e. The molecule has 2 N–H and O–H groups in total. The van der Waals surface area contributed by atoms with Crippen molar-refractivity contribution in [2.45, 2.75) is 66.7 Å². The molecule has 3 heteroatoms. The molecule has 0 saturated carbocycles. The molecule has 0 amide bonds. The van der Waals surface area contributed by atoms with Gasteiger partial charge < -0.3 is 5.73 Å². The number of aryl methyl sites for hydroxylation is 2. The maximum Gasteiger partial charge on any atom is 0.0493 e. The van der Waals surface area contributed by atoms with Crippen molar-refractivity contribution in [2.24, 2.45) is 0 Å². The minimum Gasteiger partial charge on any atom is -0.398 e. The van der Waals surface area contributed by atoms with E-state index < -0.39 is 0 Å². The lowest BCUT2D eigenvalue weighted by Gasteiger charge is -2.19. The van der Waals surface area contributed by atoms with Crippen LogP contribution in [-0.2, 0) is 32.1 Å². The molecular weight excluding hydrogens is 349 g/mol. The van der Waals surface area contributed by atoms with E-state index >= 15 is 0 Å². The second-order valence-corrected chi connectivity index (χ2v) is 7.36. The summed E-state index contributed by atoms with van der Waals surface area (Å²) in [4.78, 5) is 0. The molecule has 0 aliphatic carbocycles. The number of halogens is 2.